The molecule has 1 aromatic carbocycles. The lowest BCUT2D eigenvalue weighted by Gasteiger charge is -2.13. The van der Waals surface area contributed by atoms with Gasteiger partial charge in [0.1, 0.15) is 0 Å². The number of halogens is 1. The van der Waals surface area contributed by atoms with Gasteiger partial charge in [0.2, 0.25) is 0 Å². The lowest BCUT2D eigenvalue weighted by atomic mass is 9.97. The Morgan fingerprint density at radius 2 is 2.23 bits per heavy atom. The number of hydrogen-bond donors (Lipinski definition) is 1. The van der Waals surface area contributed by atoms with E-state index in [0.29, 0.717) is 12.5 Å². The molecule has 0 heterocycles. The van der Waals surface area contributed by atoms with E-state index < -0.39 is 0 Å². The standard InChI is InChI=1S/C10H14BrNO/c1-7-3-4-9(11)5-10(7)8(2)6-13-12/h3-5,8H,6,12H2,1-2H3. The molecule has 1 atom stereocenters. The number of benzene rings is 1. The SMILES string of the molecule is Cc1ccc(Br)cc1C(C)CON. The van der Waals surface area contributed by atoms with E-state index in [-0.39, 0.29) is 0 Å². The Bertz CT molecular complexity index is 288. The summed E-state index contributed by atoms with van der Waals surface area (Å²) in [5, 5.41) is 0. The fourth-order valence-electron chi connectivity index (χ4n) is 1.38. The minimum Gasteiger partial charge on any atom is -0.304 e. The van der Waals surface area contributed by atoms with Crippen molar-refractivity contribution in [1.82, 2.24) is 0 Å². The Labute approximate surface area is 87.2 Å². The van der Waals surface area contributed by atoms with Crippen molar-refractivity contribution >= 4 is 15.9 Å². The Hall–Kier alpha value is -0.380. The molecule has 1 rings (SSSR count). The highest BCUT2D eigenvalue weighted by molar-refractivity contribution is 9.10. The molecule has 0 spiro atoms. The zero-order valence-electron chi connectivity index (χ0n) is 7.88. The zero-order chi connectivity index (χ0) is 9.84. The predicted octanol–water partition coefficient (Wildman–Crippen LogP) is 2.75. The van der Waals surface area contributed by atoms with E-state index in [4.69, 9.17) is 5.90 Å². The van der Waals surface area contributed by atoms with Crippen LogP contribution in [0.4, 0.5) is 0 Å². The minimum absolute atomic E-state index is 0.336. The van der Waals surface area contributed by atoms with E-state index in [1.165, 1.54) is 11.1 Å². The lowest BCUT2D eigenvalue weighted by Crippen LogP contribution is -2.09. The van der Waals surface area contributed by atoms with Crippen LogP contribution in [-0.2, 0) is 4.84 Å². The summed E-state index contributed by atoms with van der Waals surface area (Å²) in [5.74, 6) is 5.38. The van der Waals surface area contributed by atoms with Gasteiger partial charge in [-0.15, -0.1) is 0 Å². The molecule has 0 fully saturated rings. The molecule has 0 aliphatic carbocycles. The first-order chi connectivity index (χ1) is 6.15. The molecule has 13 heavy (non-hydrogen) atoms. The third-order valence-electron chi connectivity index (χ3n) is 2.12. The summed E-state index contributed by atoms with van der Waals surface area (Å²) >= 11 is 3.44. The summed E-state index contributed by atoms with van der Waals surface area (Å²) in [6.45, 7) is 4.74. The van der Waals surface area contributed by atoms with Gasteiger partial charge in [0, 0.05) is 10.4 Å². The van der Waals surface area contributed by atoms with Crippen molar-refractivity contribution in [3.63, 3.8) is 0 Å². The fourth-order valence-corrected chi connectivity index (χ4v) is 1.76. The maximum atomic E-state index is 5.04. The molecule has 0 saturated heterocycles. The van der Waals surface area contributed by atoms with Crippen LogP contribution < -0.4 is 5.90 Å². The second-order valence-corrected chi connectivity index (χ2v) is 4.15. The Morgan fingerprint density at radius 1 is 1.54 bits per heavy atom. The van der Waals surface area contributed by atoms with Crippen LogP contribution in [0.2, 0.25) is 0 Å². The van der Waals surface area contributed by atoms with Gasteiger partial charge in [0.25, 0.3) is 0 Å². The van der Waals surface area contributed by atoms with Crippen molar-refractivity contribution in [2.75, 3.05) is 6.61 Å². The summed E-state index contributed by atoms with van der Waals surface area (Å²) in [4.78, 5) is 4.64. The molecule has 0 aromatic heterocycles. The first-order valence-electron chi connectivity index (χ1n) is 4.23. The number of hydrogen-bond acceptors (Lipinski definition) is 2. The highest BCUT2D eigenvalue weighted by Gasteiger charge is 2.08. The molecular weight excluding hydrogens is 230 g/mol. The molecule has 0 amide bonds. The molecule has 1 unspecified atom stereocenters. The van der Waals surface area contributed by atoms with E-state index in [2.05, 4.69) is 46.7 Å². The van der Waals surface area contributed by atoms with Crippen molar-refractivity contribution in [3.05, 3.63) is 33.8 Å². The Morgan fingerprint density at radius 3 is 2.85 bits per heavy atom. The average molecular weight is 244 g/mol. The maximum Gasteiger partial charge on any atom is 0.0745 e. The van der Waals surface area contributed by atoms with E-state index in [1.54, 1.807) is 0 Å². The second-order valence-electron chi connectivity index (χ2n) is 3.24. The molecule has 0 radical (unpaired) electrons. The third-order valence-corrected chi connectivity index (χ3v) is 2.61. The molecule has 3 heteroatoms. The summed E-state index contributed by atoms with van der Waals surface area (Å²) in [7, 11) is 0. The predicted molar refractivity (Wildman–Crippen MR) is 57.4 cm³/mol. The molecule has 2 N–H and O–H groups in total. The molecule has 0 bridgehead atoms. The molecule has 2 nitrogen and oxygen atoms in total. The molecule has 72 valence electrons. The quantitative estimate of drug-likeness (QED) is 0.829. The molecule has 0 saturated carbocycles. The second kappa shape index (κ2) is 4.74. The molecule has 1 aromatic rings. The van der Waals surface area contributed by atoms with Gasteiger partial charge >= 0.3 is 0 Å². The van der Waals surface area contributed by atoms with Crippen molar-refractivity contribution in [2.45, 2.75) is 19.8 Å². The third kappa shape index (κ3) is 2.79. The van der Waals surface area contributed by atoms with Gasteiger partial charge in [0.05, 0.1) is 6.61 Å². The number of nitrogens with two attached hydrogens (primary N) is 1. The first-order valence-corrected chi connectivity index (χ1v) is 5.02. The monoisotopic (exact) mass is 243 g/mol. The summed E-state index contributed by atoms with van der Waals surface area (Å²) in [6, 6.07) is 6.24. The fraction of sp³-hybridized carbons (Fsp3) is 0.400. The topological polar surface area (TPSA) is 35.2 Å². The first kappa shape index (κ1) is 10.7. The summed E-state index contributed by atoms with van der Waals surface area (Å²) in [6.07, 6.45) is 0. The Kier molecular flexibility index (Phi) is 3.90. The van der Waals surface area contributed by atoms with Gasteiger partial charge in [-0.1, -0.05) is 28.9 Å². The van der Waals surface area contributed by atoms with E-state index in [1.807, 2.05) is 6.07 Å². The van der Waals surface area contributed by atoms with Gasteiger partial charge in [-0.25, -0.2) is 5.90 Å². The van der Waals surface area contributed by atoms with Crippen molar-refractivity contribution < 1.29 is 4.84 Å². The molecule has 0 aliphatic rings. The van der Waals surface area contributed by atoms with Crippen molar-refractivity contribution in [3.8, 4) is 0 Å². The van der Waals surface area contributed by atoms with Crippen LogP contribution in [0.25, 0.3) is 0 Å². The van der Waals surface area contributed by atoms with E-state index >= 15 is 0 Å². The van der Waals surface area contributed by atoms with Gasteiger partial charge in [-0.2, -0.15) is 0 Å². The van der Waals surface area contributed by atoms with E-state index in [9.17, 15) is 0 Å². The smallest absolute Gasteiger partial charge is 0.0745 e. The van der Waals surface area contributed by atoms with Crippen LogP contribution in [0, 0.1) is 6.92 Å². The number of rotatable bonds is 3. The van der Waals surface area contributed by atoms with Crippen LogP contribution in [-0.4, -0.2) is 6.61 Å². The highest BCUT2D eigenvalue weighted by Crippen LogP contribution is 2.23. The zero-order valence-corrected chi connectivity index (χ0v) is 9.47. The lowest BCUT2D eigenvalue weighted by molar-refractivity contribution is 0.126. The van der Waals surface area contributed by atoms with E-state index in [0.717, 1.165) is 4.47 Å². The Balaban J connectivity index is 2.91. The van der Waals surface area contributed by atoms with Crippen LogP contribution in [0.1, 0.15) is 24.0 Å². The summed E-state index contributed by atoms with van der Waals surface area (Å²) in [5.41, 5.74) is 2.55. The van der Waals surface area contributed by atoms with Gasteiger partial charge in [0.15, 0.2) is 0 Å². The minimum atomic E-state index is 0.336. The van der Waals surface area contributed by atoms with Gasteiger partial charge in [-0.05, 0) is 30.2 Å². The average Bonchev–Trinajstić information content (AvgIpc) is 2.09. The molecule has 0 aliphatic heterocycles. The number of aryl methyl sites for hydroxylation is 1. The van der Waals surface area contributed by atoms with Crippen LogP contribution in [0.3, 0.4) is 0 Å². The largest absolute Gasteiger partial charge is 0.304 e. The van der Waals surface area contributed by atoms with Crippen LogP contribution >= 0.6 is 15.9 Å². The highest BCUT2D eigenvalue weighted by atomic mass is 79.9. The van der Waals surface area contributed by atoms with Crippen molar-refractivity contribution in [2.24, 2.45) is 5.90 Å². The van der Waals surface area contributed by atoms with Gasteiger partial charge in [-0.3, -0.25) is 0 Å². The summed E-state index contributed by atoms with van der Waals surface area (Å²) < 4.78 is 1.09. The van der Waals surface area contributed by atoms with Crippen LogP contribution in [0.15, 0.2) is 22.7 Å². The molecular formula is C10H14BrNO. The normalized spacial score (nSPS) is 12.9. The maximum absolute atomic E-state index is 5.04. The van der Waals surface area contributed by atoms with Crippen LogP contribution in [0.5, 0.6) is 0 Å². The van der Waals surface area contributed by atoms with Gasteiger partial charge < -0.3 is 4.84 Å². The van der Waals surface area contributed by atoms with Crippen molar-refractivity contribution in [1.29, 1.82) is 0 Å².